The smallest absolute Gasteiger partial charge is 0.115 e. The Morgan fingerprint density at radius 2 is 2.09 bits per heavy atom. The lowest BCUT2D eigenvalue weighted by Crippen LogP contribution is -2.02. The molecular formula is C10H12O. The van der Waals surface area contributed by atoms with Gasteiger partial charge >= 0.3 is 0 Å². The molecule has 0 spiro atoms. The summed E-state index contributed by atoms with van der Waals surface area (Å²) in [4.78, 5) is 0. The molecule has 2 aliphatic carbocycles. The molecule has 0 aromatic carbocycles. The molecule has 58 valence electrons. The molecule has 0 radical (unpaired) electrons. The molecule has 0 bridgehead atoms. The maximum absolute atomic E-state index is 9.47. The van der Waals surface area contributed by atoms with Crippen LogP contribution in [-0.2, 0) is 0 Å². The zero-order chi connectivity index (χ0) is 7.68. The third kappa shape index (κ3) is 1.11. The van der Waals surface area contributed by atoms with Crippen molar-refractivity contribution in [2.24, 2.45) is 0 Å². The summed E-state index contributed by atoms with van der Waals surface area (Å²) >= 11 is 0. The van der Waals surface area contributed by atoms with E-state index < -0.39 is 0 Å². The van der Waals surface area contributed by atoms with Crippen LogP contribution in [0.5, 0.6) is 0 Å². The summed E-state index contributed by atoms with van der Waals surface area (Å²) in [7, 11) is 0. The Labute approximate surface area is 66.7 Å². The van der Waals surface area contributed by atoms with Gasteiger partial charge in [-0.1, -0.05) is 12.2 Å². The summed E-state index contributed by atoms with van der Waals surface area (Å²) in [6.45, 7) is 0. The maximum atomic E-state index is 9.47. The lowest BCUT2D eigenvalue weighted by atomic mass is 9.89. The molecule has 0 atom stereocenters. The quantitative estimate of drug-likeness (QED) is 0.560. The molecule has 0 heterocycles. The van der Waals surface area contributed by atoms with Crippen LogP contribution in [0.4, 0.5) is 0 Å². The first-order chi connectivity index (χ1) is 5.38. The van der Waals surface area contributed by atoms with Crippen molar-refractivity contribution in [2.75, 3.05) is 0 Å². The van der Waals surface area contributed by atoms with E-state index in [4.69, 9.17) is 0 Å². The van der Waals surface area contributed by atoms with E-state index in [1.807, 2.05) is 6.08 Å². The van der Waals surface area contributed by atoms with Crippen molar-refractivity contribution in [3.8, 4) is 0 Å². The molecule has 0 amide bonds. The number of hydrogen-bond donors (Lipinski definition) is 1. The Hall–Kier alpha value is -0.980. The average molecular weight is 148 g/mol. The molecule has 1 N–H and O–H groups in total. The SMILES string of the molecule is OC1=CCCC2=C1CCC=C2. The van der Waals surface area contributed by atoms with Gasteiger partial charge in [0.05, 0.1) is 0 Å². The molecule has 0 fully saturated rings. The predicted molar refractivity (Wildman–Crippen MR) is 45.3 cm³/mol. The van der Waals surface area contributed by atoms with E-state index in [1.165, 1.54) is 11.1 Å². The Morgan fingerprint density at radius 1 is 1.18 bits per heavy atom. The van der Waals surface area contributed by atoms with Crippen molar-refractivity contribution in [1.82, 2.24) is 0 Å². The fourth-order valence-corrected chi connectivity index (χ4v) is 1.73. The van der Waals surface area contributed by atoms with Crippen LogP contribution in [0.3, 0.4) is 0 Å². The van der Waals surface area contributed by atoms with Crippen LogP contribution < -0.4 is 0 Å². The minimum atomic E-state index is 0.524. The van der Waals surface area contributed by atoms with Gasteiger partial charge in [-0.25, -0.2) is 0 Å². The van der Waals surface area contributed by atoms with Gasteiger partial charge in [0.2, 0.25) is 0 Å². The highest BCUT2D eigenvalue weighted by molar-refractivity contribution is 5.41. The normalized spacial score (nSPS) is 23.1. The van der Waals surface area contributed by atoms with Gasteiger partial charge in [-0.2, -0.15) is 0 Å². The van der Waals surface area contributed by atoms with Gasteiger partial charge in [0.15, 0.2) is 0 Å². The topological polar surface area (TPSA) is 20.2 Å². The standard InChI is InChI=1S/C10H12O/c11-10-7-3-5-8-4-1-2-6-9(8)10/h1,4,7,11H,2-3,5-6H2. The average Bonchev–Trinajstić information content (AvgIpc) is 2.06. The van der Waals surface area contributed by atoms with Gasteiger partial charge < -0.3 is 5.11 Å². The highest BCUT2D eigenvalue weighted by Crippen LogP contribution is 2.30. The first-order valence-electron chi connectivity index (χ1n) is 4.16. The van der Waals surface area contributed by atoms with Gasteiger partial charge in [-0.15, -0.1) is 0 Å². The minimum absolute atomic E-state index is 0.524. The number of rotatable bonds is 0. The zero-order valence-electron chi connectivity index (χ0n) is 6.51. The molecule has 1 nitrogen and oxygen atoms in total. The summed E-state index contributed by atoms with van der Waals surface area (Å²) in [6.07, 6.45) is 10.5. The van der Waals surface area contributed by atoms with Gasteiger partial charge in [0.1, 0.15) is 5.76 Å². The molecule has 2 rings (SSSR count). The second-order valence-electron chi connectivity index (χ2n) is 3.07. The van der Waals surface area contributed by atoms with E-state index >= 15 is 0 Å². The van der Waals surface area contributed by atoms with Crippen molar-refractivity contribution in [1.29, 1.82) is 0 Å². The molecule has 0 saturated heterocycles. The zero-order valence-corrected chi connectivity index (χ0v) is 6.51. The predicted octanol–water partition coefficient (Wildman–Crippen LogP) is 2.87. The van der Waals surface area contributed by atoms with Crippen molar-refractivity contribution in [3.05, 3.63) is 35.1 Å². The summed E-state index contributed by atoms with van der Waals surface area (Å²) < 4.78 is 0. The third-order valence-electron chi connectivity index (χ3n) is 2.33. The Kier molecular flexibility index (Phi) is 1.57. The summed E-state index contributed by atoms with van der Waals surface area (Å²) in [5.74, 6) is 0.524. The molecule has 2 aliphatic rings. The molecule has 0 aromatic rings. The lowest BCUT2D eigenvalue weighted by Gasteiger charge is -2.18. The highest BCUT2D eigenvalue weighted by Gasteiger charge is 2.14. The number of hydrogen-bond acceptors (Lipinski definition) is 1. The van der Waals surface area contributed by atoms with Gasteiger partial charge in [-0.3, -0.25) is 0 Å². The Bertz CT molecular complexity index is 256. The summed E-state index contributed by atoms with van der Waals surface area (Å²) in [6, 6.07) is 0. The number of aliphatic hydroxyl groups excluding tert-OH is 1. The monoisotopic (exact) mass is 148 g/mol. The second-order valence-corrected chi connectivity index (χ2v) is 3.07. The van der Waals surface area contributed by atoms with E-state index in [-0.39, 0.29) is 0 Å². The van der Waals surface area contributed by atoms with Gasteiger partial charge in [0, 0.05) is 0 Å². The molecule has 1 heteroatoms. The largest absolute Gasteiger partial charge is 0.508 e. The van der Waals surface area contributed by atoms with E-state index in [1.54, 1.807) is 0 Å². The lowest BCUT2D eigenvalue weighted by molar-refractivity contribution is 0.410. The first-order valence-corrected chi connectivity index (χ1v) is 4.16. The van der Waals surface area contributed by atoms with Gasteiger partial charge in [0.25, 0.3) is 0 Å². The molecule has 0 unspecified atom stereocenters. The van der Waals surface area contributed by atoms with Crippen LogP contribution >= 0.6 is 0 Å². The van der Waals surface area contributed by atoms with E-state index in [0.717, 1.165) is 25.7 Å². The number of aliphatic hydroxyl groups is 1. The van der Waals surface area contributed by atoms with Crippen LogP contribution in [0.2, 0.25) is 0 Å². The fourth-order valence-electron chi connectivity index (χ4n) is 1.73. The minimum Gasteiger partial charge on any atom is -0.508 e. The van der Waals surface area contributed by atoms with Crippen LogP contribution in [0, 0.1) is 0 Å². The Balaban J connectivity index is 2.37. The summed E-state index contributed by atoms with van der Waals surface area (Å²) in [5, 5.41) is 9.47. The second kappa shape index (κ2) is 2.57. The van der Waals surface area contributed by atoms with Crippen LogP contribution in [0.1, 0.15) is 25.7 Å². The summed E-state index contributed by atoms with van der Waals surface area (Å²) in [5.41, 5.74) is 2.52. The number of allylic oxidation sites excluding steroid dienone is 5. The van der Waals surface area contributed by atoms with E-state index in [2.05, 4.69) is 12.2 Å². The Morgan fingerprint density at radius 3 is 2.91 bits per heavy atom. The highest BCUT2D eigenvalue weighted by atomic mass is 16.3. The molecule has 0 aliphatic heterocycles. The van der Waals surface area contributed by atoms with E-state index in [9.17, 15) is 5.11 Å². The van der Waals surface area contributed by atoms with E-state index in [0.29, 0.717) is 5.76 Å². The van der Waals surface area contributed by atoms with Crippen molar-refractivity contribution in [2.45, 2.75) is 25.7 Å². The molecule has 11 heavy (non-hydrogen) atoms. The van der Waals surface area contributed by atoms with Crippen LogP contribution in [-0.4, -0.2) is 5.11 Å². The van der Waals surface area contributed by atoms with Crippen molar-refractivity contribution in [3.63, 3.8) is 0 Å². The third-order valence-corrected chi connectivity index (χ3v) is 2.33. The molecular weight excluding hydrogens is 136 g/mol. The van der Waals surface area contributed by atoms with Crippen molar-refractivity contribution >= 4 is 0 Å². The molecule has 0 aromatic heterocycles. The van der Waals surface area contributed by atoms with Crippen LogP contribution in [0.15, 0.2) is 35.1 Å². The van der Waals surface area contributed by atoms with Crippen LogP contribution in [0.25, 0.3) is 0 Å². The first kappa shape index (κ1) is 6.71. The van der Waals surface area contributed by atoms with Gasteiger partial charge in [-0.05, 0) is 42.9 Å². The fraction of sp³-hybridized carbons (Fsp3) is 0.400. The van der Waals surface area contributed by atoms with Crippen molar-refractivity contribution < 1.29 is 5.11 Å². The molecule has 0 saturated carbocycles. The maximum Gasteiger partial charge on any atom is 0.115 e.